The van der Waals surface area contributed by atoms with Crippen LogP contribution in [-0.2, 0) is 22.5 Å². The van der Waals surface area contributed by atoms with Crippen molar-refractivity contribution in [3.8, 4) is 5.88 Å². The van der Waals surface area contributed by atoms with E-state index in [0.717, 1.165) is 29.9 Å². The molecule has 1 saturated heterocycles. The van der Waals surface area contributed by atoms with Crippen molar-refractivity contribution < 1.29 is 14.3 Å². The van der Waals surface area contributed by atoms with Crippen LogP contribution in [0.25, 0.3) is 0 Å². The van der Waals surface area contributed by atoms with Gasteiger partial charge in [-0.3, -0.25) is 9.69 Å². The van der Waals surface area contributed by atoms with Gasteiger partial charge in [-0.1, -0.05) is 12.1 Å². The molecule has 4 rings (SSSR count). The van der Waals surface area contributed by atoms with E-state index in [1.165, 1.54) is 6.92 Å². The number of nitrogen functional groups attached to an aromatic ring is 2. The number of hydrogen-bond donors (Lipinski definition) is 3. The molecule has 2 aliphatic heterocycles. The molecule has 0 unspecified atom stereocenters. The van der Waals surface area contributed by atoms with Gasteiger partial charge in [0.2, 0.25) is 17.7 Å². The smallest absolute Gasteiger partial charge is 0.225 e. The first-order valence-electron chi connectivity index (χ1n) is 9.20. The van der Waals surface area contributed by atoms with Crippen LogP contribution in [0, 0.1) is 0 Å². The predicted octanol–water partition coefficient (Wildman–Crippen LogP) is 0.806. The van der Waals surface area contributed by atoms with Crippen molar-refractivity contribution in [2.24, 2.45) is 0 Å². The lowest BCUT2D eigenvalue weighted by molar-refractivity contribution is -0.114. The standard InChI is InChI=1S/C19H24N6O3/c1-12(26)22-14-4-2-13(3-5-14)9-25-6-7-27-11-19(10-25)8-15-16(20)23-18(21)24-17(15)28-19/h2-5H,6-11H2,1H3,(H,22,26)(H4,20,21,23,24)/t19-/m0/s1. The third kappa shape index (κ3) is 3.85. The van der Waals surface area contributed by atoms with Gasteiger partial charge in [0.15, 0.2) is 5.60 Å². The minimum Gasteiger partial charge on any atom is -0.466 e. The molecular weight excluding hydrogens is 360 g/mol. The molecule has 148 valence electrons. The summed E-state index contributed by atoms with van der Waals surface area (Å²) in [6.45, 7) is 4.78. The van der Waals surface area contributed by atoms with E-state index in [-0.39, 0.29) is 11.9 Å². The number of carbonyl (C=O) groups is 1. The fourth-order valence-electron chi connectivity index (χ4n) is 3.75. The summed E-state index contributed by atoms with van der Waals surface area (Å²) in [7, 11) is 0. The van der Waals surface area contributed by atoms with Gasteiger partial charge >= 0.3 is 0 Å². The number of nitrogens with zero attached hydrogens (tertiary/aromatic N) is 3. The van der Waals surface area contributed by atoms with E-state index in [2.05, 4.69) is 20.2 Å². The van der Waals surface area contributed by atoms with E-state index in [1.54, 1.807) is 0 Å². The second-order valence-corrected chi connectivity index (χ2v) is 7.35. The maximum absolute atomic E-state index is 11.2. The third-order valence-electron chi connectivity index (χ3n) is 4.94. The second kappa shape index (κ2) is 7.25. The van der Waals surface area contributed by atoms with Crippen molar-refractivity contribution in [1.29, 1.82) is 0 Å². The number of amides is 1. The van der Waals surface area contributed by atoms with Crippen molar-refractivity contribution >= 4 is 23.4 Å². The molecule has 28 heavy (non-hydrogen) atoms. The maximum atomic E-state index is 11.2. The van der Waals surface area contributed by atoms with E-state index in [1.807, 2.05) is 24.3 Å². The lowest BCUT2D eigenvalue weighted by Gasteiger charge is -2.31. The van der Waals surface area contributed by atoms with Gasteiger partial charge in [-0.25, -0.2) is 0 Å². The minimum atomic E-state index is -0.550. The Labute approximate surface area is 163 Å². The van der Waals surface area contributed by atoms with Crippen molar-refractivity contribution in [2.75, 3.05) is 43.1 Å². The summed E-state index contributed by atoms with van der Waals surface area (Å²) in [5.41, 5.74) is 13.9. The molecule has 0 radical (unpaired) electrons. The van der Waals surface area contributed by atoms with Crippen LogP contribution in [0.1, 0.15) is 18.1 Å². The van der Waals surface area contributed by atoms with Crippen LogP contribution in [0.4, 0.5) is 17.5 Å². The number of nitrogens with one attached hydrogen (secondary N) is 1. The average Bonchev–Trinajstić information content (AvgIpc) is 2.86. The van der Waals surface area contributed by atoms with Gasteiger partial charge in [0, 0.05) is 38.7 Å². The van der Waals surface area contributed by atoms with Crippen LogP contribution in [0.5, 0.6) is 5.88 Å². The van der Waals surface area contributed by atoms with E-state index < -0.39 is 5.60 Å². The van der Waals surface area contributed by atoms with Crippen LogP contribution in [0.3, 0.4) is 0 Å². The second-order valence-electron chi connectivity index (χ2n) is 7.35. The Hall–Kier alpha value is -2.91. The number of aromatic nitrogens is 2. The first-order valence-corrected chi connectivity index (χ1v) is 9.20. The molecule has 1 fully saturated rings. The highest BCUT2D eigenvalue weighted by Crippen LogP contribution is 2.38. The van der Waals surface area contributed by atoms with Crippen LogP contribution >= 0.6 is 0 Å². The summed E-state index contributed by atoms with van der Waals surface area (Å²) in [5.74, 6) is 0.845. The van der Waals surface area contributed by atoms with Crippen LogP contribution in [0.2, 0.25) is 0 Å². The number of anilines is 3. The van der Waals surface area contributed by atoms with E-state index in [0.29, 0.717) is 37.9 Å². The Morgan fingerprint density at radius 1 is 1.29 bits per heavy atom. The average molecular weight is 384 g/mol. The van der Waals surface area contributed by atoms with Crippen LogP contribution in [0.15, 0.2) is 24.3 Å². The SMILES string of the molecule is CC(=O)Nc1ccc(CN2CCOC[C@]3(Cc4c(N)nc(N)nc4O3)C2)cc1. The zero-order chi connectivity index (χ0) is 19.7. The van der Waals surface area contributed by atoms with Crippen molar-refractivity contribution in [3.05, 3.63) is 35.4 Å². The molecule has 0 bridgehead atoms. The van der Waals surface area contributed by atoms with Gasteiger partial charge in [0.25, 0.3) is 0 Å². The molecule has 0 saturated carbocycles. The zero-order valence-electron chi connectivity index (χ0n) is 15.8. The minimum absolute atomic E-state index is 0.0830. The molecule has 1 aromatic heterocycles. The maximum Gasteiger partial charge on any atom is 0.225 e. The molecule has 1 atom stereocenters. The van der Waals surface area contributed by atoms with Gasteiger partial charge < -0.3 is 26.3 Å². The summed E-state index contributed by atoms with van der Waals surface area (Å²) in [4.78, 5) is 21.7. The monoisotopic (exact) mass is 384 g/mol. The summed E-state index contributed by atoms with van der Waals surface area (Å²) < 4.78 is 12.0. The van der Waals surface area contributed by atoms with Gasteiger partial charge in [0.1, 0.15) is 5.82 Å². The number of hydrogen-bond acceptors (Lipinski definition) is 8. The summed E-state index contributed by atoms with van der Waals surface area (Å²) in [5, 5.41) is 2.78. The van der Waals surface area contributed by atoms with E-state index in [4.69, 9.17) is 20.9 Å². The van der Waals surface area contributed by atoms with E-state index >= 15 is 0 Å². The molecule has 5 N–H and O–H groups in total. The number of rotatable bonds is 3. The number of nitrogens with two attached hydrogens (primary N) is 2. The van der Waals surface area contributed by atoms with E-state index in [9.17, 15) is 4.79 Å². The summed E-state index contributed by atoms with van der Waals surface area (Å²) in [6, 6.07) is 7.83. The highest BCUT2D eigenvalue weighted by atomic mass is 16.6. The number of ether oxygens (including phenoxy) is 2. The van der Waals surface area contributed by atoms with Crippen LogP contribution < -0.4 is 21.5 Å². The Morgan fingerprint density at radius 3 is 2.82 bits per heavy atom. The molecule has 3 heterocycles. The Balaban J connectivity index is 1.48. The summed E-state index contributed by atoms with van der Waals surface area (Å²) >= 11 is 0. The Kier molecular flexibility index (Phi) is 4.78. The number of carbonyl (C=O) groups excluding carboxylic acids is 1. The number of benzene rings is 1. The van der Waals surface area contributed by atoms with Gasteiger partial charge in [0.05, 0.1) is 18.8 Å². The Morgan fingerprint density at radius 2 is 2.07 bits per heavy atom. The highest BCUT2D eigenvalue weighted by Gasteiger charge is 2.44. The molecular formula is C19H24N6O3. The fraction of sp³-hybridized carbons (Fsp3) is 0.421. The number of fused-ring (bicyclic) bond motifs is 1. The largest absolute Gasteiger partial charge is 0.466 e. The molecule has 9 heteroatoms. The lowest BCUT2D eigenvalue weighted by Crippen LogP contribution is -2.48. The topological polar surface area (TPSA) is 129 Å². The summed E-state index contributed by atoms with van der Waals surface area (Å²) in [6.07, 6.45) is 0.590. The van der Waals surface area contributed by atoms with Crippen molar-refractivity contribution in [1.82, 2.24) is 14.9 Å². The molecule has 2 aromatic rings. The predicted molar refractivity (Wildman–Crippen MR) is 105 cm³/mol. The van der Waals surface area contributed by atoms with Gasteiger partial charge in [-0.2, -0.15) is 9.97 Å². The van der Waals surface area contributed by atoms with Gasteiger partial charge in [-0.15, -0.1) is 0 Å². The first kappa shape index (κ1) is 18.5. The molecule has 1 spiro atoms. The Bertz CT molecular complexity index is 888. The third-order valence-corrected chi connectivity index (χ3v) is 4.94. The fourth-order valence-corrected chi connectivity index (χ4v) is 3.75. The van der Waals surface area contributed by atoms with Gasteiger partial charge in [-0.05, 0) is 17.7 Å². The van der Waals surface area contributed by atoms with Crippen molar-refractivity contribution in [2.45, 2.75) is 25.5 Å². The van der Waals surface area contributed by atoms with Crippen LogP contribution in [-0.4, -0.2) is 52.7 Å². The quantitative estimate of drug-likeness (QED) is 0.709. The molecule has 0 aliphatic carbocycles. The first-order chi connectivity index (χ1) is 13.4. The molecule has 2 aliphatic rings. The molecule has 1 aromatic carbocycles. The highest BCUT2D eigenvalue weighted by molar-refractivity contribution is 5.88. The normalized spacial score (nSPS) is 21.8. The molecule has 1 amide bonds. The lowest BCUT2D eigenvalue weighted by atomic mass is 9.97. The molecule has 9 nitrogen and oxygen atoms in total. The van der Waals surface area contributed by atoms with Crippen molar-refractivity contribution in [3.63, 3.8) is 0 Å². The zero-order valence-corrected chi connectivity index (χ0v) is 15.8.